The van der Waals surface area contributed by atoms with Crippen LogP contribution in [0.3, 0.4) is 0 Å². The maximum absolute atomic E-state index is 6.18. The van der Waals surface area contributed by atoms with Crippen LogP contribution in [0.4, 0.5) is 0 Å². The number of unbranched alkanes of at least 4 members (excludes halogenated alkanes) is 13. The van der Waals surface area contributed by atoms with Crippen molar-refractivity contribution >= 4 is 0 Å². The van der Waals surface area contributed by atoms with Crippen molar-refractivity contribution in [3.05, 3.63) is 25.3 Å². The van der Waals surface area contributed by atoms with Crippen molar-refractivity contribution in [3.8, 4) is 0 Å². The van der Waals surface area contributed by atoms with E-state index in [0.29, 0.717) is 0 Å². The van der Waals surface area contributed by atoms with E-state index in [1.807, 2.05) is 12.2 Å². The van der Waals surface area contributed by atoms with Crippen LogP contribution < -0.4 is 0 Å². The standard InChI is InChI=1S/C24H46O/c1-5-9-11-13-15-17-19-21-23-25-24(7-3,8-4)22-20-18-16-14-12-10-6-2/h7-8H,3-6,9-23H2,1-2H3. The van der Waals surface area contributed by atoms with Crippen molar-refractivity contribution in [2.45, 2.75) is 122 Å². The molecular formula is C24H46O. The van der Waals surface area contributed by atoms with E-state index in [1.54, 1.807) is 0 Å². The fourth-order valence-electron chi connectivity index (χ4n) is 3.33. The molecule has 0 saturated heterocycles. The van der Waals surface area contributed by atoms with Crippen molar-refractivity contribution in [1.82, 2.24) is 0 Å². The zero-order chi connectivity index (χ0) is 18.6. The van der Waals surface area contributed by atoms with Crippen LogP contribution in [0.1, 0.15) is 117 Å². The highest BCUT2D eigenvalue weighted by molar-refractivity contribution is 5.09. The molecule has 0 aromatic rings. The minimum atomic E-state index is -0.301. The Bertz CT molecular complexity index is 286. The molecule has 0 aromatic carbocycles. The quantitative estimate of drug-likeness (QED) is 0.158. The van der Waals surface area contributed by atoms with Gasteiger partial charge in [0.05, 0.1) is 0 Å². The van der Waals surface area contributed by atoms with Gasteiger partial charge in [-0.2, -0.15) is 0 Å². The molecule has 0 radical (unpaired) electrons. The summed E-state index contributed by atoms with van der Waals surface area (Å²) in [7, 11) is 0. The summed E-state index contributed by atoms with van der Waals surface area (Å²) in [5, 5.41) is 0. The molecule has 0 amide bonds. The molecule has 0 aromatic heterocycles. The van der Waals surface area contributed by atoms with Crippen molar-refractivity contribution in [3.63, 3.8) is 0 Å². The second-order valence-corrected chi connectivity index (χ2v) is 7.56. The van der Waals surface area contributed by atoms with E-state index >= 15 is 0 Å². The van der Waals surface area contributed by atoms with Crippen LogP contribution >= 0.6 is 0 Å². The van der Waals surface area contributed by atoms with E-state index in [2.05, 4.69) is 27.0 Å². The van der Waals surface area contributed by atoms with Gasteiger partial charge in [0.1, 0.15) is 5.60 Å². The molecule has 0 spiro atoms. The fourth-order valence-corrected chi connectivity index (χ4v) is 3.33. The van der Waals surface area contributed by atoms with Gasteiger partial charge in [0.25, 0.3) is 0 Å². The van der Waals surface area contributed by atoms with E-state index in [0.717, 1.165) is 19.4 Å². The number of ether oxygens (including phenoxy) is 1. The van der Waals surface area contributed by atoms with Gasteiger partial charge in [0, 0.05) is 6.61 Å². The lowest BCUT2D eigenvalue weighted by Gasteiger charge is -2.27. The first-order chi connectivity index (χ1) is 12.2. The molecule has 1 nitrogen and oxygen atoms in total. The summed E-state index contributed by atoms with van der Waals surface area (Å²) in [6.07, 6.45) is 25.0. The summed E-state index contributed by atoms with van der Waals surface area (Å²) in [5.41, 5.74) is -0.301. The average Bonchev–Trinajstić information content (AvgIpc) is 2.64. The zero-order valence-corrected chi connectivity index (χ0v) is 17.5. The molecule has 0 bridgehead atoms. The number of hydrogen-bond acceptors (Lipinski definition) is 1. The van der Waals surface area contributed by atoms with Crippen molar-refractivity contribution < 1.29 is 4.74 Å². The molecule has 0 atom stereocenters. The lowest BCUT2D eigenvalue weighted by Crippen LogP contribution is -2.27. The maximum Gasteiger partial charge on any atom is 0.104 e. The van der Waals surface area contributed by atoms with Crippen LogP contribution in [0.2, 0.25) is 0 Å². The Labute approximate surface area is 159 Å². The van der Waals surface area contributed by atoms with Crippen LogP contribution in [-0.4, -0.2) is 12.2 Å². The molecule has 0 aliphatic heterocycles. The molecule has 0 saturated carbocycles. The molecule has 25 heavy (non-hydrogen) atoms. The molecular weight excluding hydrogens is 304 g/mol. The van der Waals surface area contributed by atoms with Gasteiger partial charge < -0.3 is 4.74 Å². The first-order valence-electron chi connectivity index (χ1n) is 11.2. The lowest BCUT2D eigenvalue weighted by molar-refractivity contribution is 0.0179. The summed E-state index contributed by atoms with van der Waals surface area (Å²) in [6.45, 7) is 13.4. The first-order valence-corrected chi connectivity index (χ1v) is 11.2. The molecule has 0 fully saturated rings. The van der Waals surface area contributed by atoms with Gasteiger partial charge in [0.2, 0.25) is 0 Å². The second kappa shape index (κ2) is 18.2. The maximum atomic E-state index is 6.18. The predicted octanol–water partition coefficient (Wildman–Crippen LogP) is 8.40. The van der Waals surface area contributed by atoms with Crippen LogP contribution in [-0.2, 0) is 4.74 Å². The SMILES string of the molecule is C=CC(C=C)(CCCCCCCCC)OCCCCCCCCCC. The van der Waals surface area contributed by atoms with E-state index in [4.69, 9.17) is 4.74 Å². The second-order valence-electron chi connectivity index (χ2n) is 7.56. The fraction of sp³-hybridized carbons (Fsp3) is 0.833. The summed E-state index contributed by atoms with van der Waals surface area (Å²) < 4.78 is 6.18. The van der Waals surface area contributed by atoms with Gasteiger partial charge in [-0.25, -0.2) is 0 Å². The number of rotatable bonds is 20. The summed E-state index contributed by atoms with van der Waals surface area (Å²) in [4.78, 5) is 0. The molecule has 0 rings (SSSR count). The van der Waals surface area contributed by atoms with E-state index in [-0.39, 0.29) is 5.60 Å². The monoisotopic (exact) mass is 350 g/mol. The van der Waals surface area contributed by atoms with Crippen LogP contribution in [0.25, 0.3) is 0 Å². The first kappa shape index (κ1) is 24.4. The largest absolute Gasteiger partial charge is 0.367 e. The van der Waals surface area contributed by atoms with E-state index < -0.39 is 0 Å². The van der Waals surface area contributed by atoms with E-state index in [9.17, 15) is 0 Å². The molecule has 0 aliphatic carbocycles. The van der Waals surface area contributed by atoms with Crippen molar-refractivity contribution in [1.29, 1.82) is 0 Å². The third kappa shape index (κ3) is 14.3. The highest BCUT2D eigenvalue weighted by atomic mass is 16.5. The average molecular weight is 351 g/mol. The summed E-state index contributed by atoms with van der Waals surface area (Å²) in [6, 6.07) is 0. The normalized spacial score (nSPS) is 11.6. The minimum absolute atomic E-state index is 0.301. The lowest BCUT2D eigenvalue weighted by atomic mass is 9.95. The Hall–Kier alpha value is -0.560. The third-order valence-corrected chi connectivity index (χ3v) is 5.23. The van der Waals surface area contributed by atoms with Gasteiger partial charge in [-0.3, -0.25) is 0 Å². The Morgan fingerprint density at radius 3 is 1.44 bits per heavy atom. The highest BCUT2D eigenvalue weighted by Gasteiger charge is 2.22. The summed E-state index contributed by atoms with van der Waals surface area (Å²) >= 11 is 0. The van der Waals surface area contributed by atoms with Crippen molar-refractivity contribution in [2.75, 3.05) is 6.61 Å². The van der Waals surface area contributed by atoms with E-state index in [1.165, 1.54) is 89.9 Å². The third-order valence-electron chi connectivity index (χ3n) is 5.23. The molecule has 148 valence electrons. The van der Waals surface area contributed by atoms with Gasteiger partial charge >= 0.3 is 0 Å². The number of hydrogen-bond donors (Lipinski definition) is 0. The predicted molar refractivity (Wildman–Crippen MR) is 114 cm³/mol. The van der Waals surface area contributed by atoms with Crippen LogP contribution in [0.5, 0.6) is 0 Å². The van der Waals surface area contributed by atoms with Gasteiger partial charge in [-0.1, -0.05) is 123 Å². The van der Waals surface area contributed by atoms with Crippen LogP contribution in [0, 0.1) is 0 Å². The molecule has 0 heterocycles. The van der Waals surface area contributed by atoms with Gasteiger partial charge in [-0.15, -0.1) is 0 Å². The Morgan fingerprint density at radius 1 is 0.600 bits per heavy atom. The summed E-state index contributed by atoms with van der Waals surface area (Å²) in [5.74, 6) is 0. The molecule has 0 N–H and O–H groups in total. The van der Waals surface area contributed by atoms with Crippen molar-refractivity contribution in [2.24, 2.45) is 0 Å². The van der Waals surface area contributed by atoms with Crippen LogP contribution in [0.15, 0.2) is 25.3 Å². The Morgan fingerprint density at radius 2 is 1.00 bits per heavy atom. The topological polar surface area (TPSA) is 9.23 Å². The zero-order valence-electron chi connectivity index (χ0n) is 17.5. The molecule has 0 unspecified atom stereocenters. The Kier molecular flexibility index (Phi) is 17.8. The van der Waals surface area contributed by atoms with Gasteiger partial charge in [0.15, 0.2) is 0 Å². The Balaban J connectivity index is 3.73. The highest BCUT2D eigenvalue weighted by Crippen LogP contribution is 2.24. The van der Waals surface area contributed by atoms with Gasteiger partial charge in [-0.05, 0) is 19.3 Å². The minimum Gasteiger partial charge on any atom is -0.367 e. The molecule has 0 aliphatic rings. The molecule has 1 heteroatoms. The smallest absolute Gasteiger partial charge is 0.104 e.